The second kappa shape index (κ2) is 5.69. The maximum absolute atomic E-state index is 5.77. The molecule has 0 fully saturated rings. The van der Waals surface area contributed by atoms with Gasteiger partial charge in [0.05, 0.1) is 12.2 Å². The van der Waals surface area contributed by atoms with E-state index in [1.165, 1.54) is 0 Å². The summed E-state index contributed by atoms with van der Waals surface area (Å²) in [4.78, 5) is 0. The molecule has 0 amide bonds. The van der Waals surface area contributed by atoms with Crippen molar-refractivity contribution in [1.29, 1.82) is 0 Å². The topological polar surface area (TPSA) is 30.5 Å². The van der Waals surface area contributed by atoms with E-state index in [0.29, 0.717) is 6.61 Å². The zero-order valence-electron chi connectivity index (χ0n) is 10.4. The van der Waals surface area contributed by atoms with Crippen LogP contribution in [0.25, 0.3) is 0 Å². The highest BCUT2D eigenvalue weighted by Gasteiger charge is 2.22. The molecule has 0 aromatic heterocycles. The quantitative estimate of drug-likeness (QED) is 0.643. The summed E-state index contributed by atoms with van der Waals surface area (Å²) >= 11 is 0. The Labute approximate surface area is 88.2 Å². The van der Waals surface area contributed by atoms with Crippen molar-refractivity contribution >= 4 is 0 Å². The van der Waals surface area contributed by atoms with Crippen LogP contribution in [0.4, 0.5) is 0 Å². The van der Waals surface area contributed by atoms with E-state index in [0.717, 1.165) is 12.8 Å². The first-order valence-electron chi connectivity index (χ1n) is 5.27. The van der Waals surface area contributed by atoms with Gasteiger partial charge in [0, 0.05) is 7.11 Å². The van der Waals surface area contributed by atoms with Crippen LogP contribution in [-0.2, 0) is 9.47 Å². The molecule has 0 aromatic carbocycles. The number of hydrogen-bond acceptors (Lipinski definition) is 3. The standard InChI is InChI=1S/C11H25NO2/c1-7-11(4,12-5)14-9-8-10(2,3)13-6/h12H,7-9H2,1-6H3. The van der Waals surface area contributed by atoms with Crippen LogP contribution >= 0.6 is 0 Å². The van der Waals surface area contributed by atoms with Crippen LogP contribution in [0, 0.1) is 0 Å². The zero-order valence-corrected chi connectivity index (χ0v) is 10.4. The highest BCUT2D eigenvalue weighted by Crippen LogP contribution is 2.16. The van der Waals surface area contributed by atoms with Crippen molar-refractivity contribution in [3.63, 3.8) is 0 Å². The van der Waals surface area contributed by atoms with Crippen LogP contribution < -0.4 is 5.32 Å². The van der Waals surface area contributed by atoms with Crippen molar-refractivity contribution in [2.75, 3.05) is 20.8 Å². The van der Waals surface area contributed by atoms with E-state index in [-0.39, 0.29) is 11.3 Å². The first-order valence-corrected chi connectivity index (χ1v) is 5.27. The van der Waals surface area contributed by atoms with Crippen LogP contribution in [0.3, 0.4) is 0 Å². The van der Waals surface area contributed by atoms with Gasteiger partial charge in [-0.15, -0.1) is 0 Å². The number of nitrogens with one attached hydrogen (secondary N) is 1. The molecular weight excluding hydrogens is 178 g/mol. The second-order valence-electron chi connectivity index (χ2n) is 4.40. The van der Waals surface area contributed by atoms with Crippen LogP contribution in [0.2, 0.25) is 0 Å². The van der Waals surface area contributed by atoms with Crippen LogP contribution in [0.15, 0.2) is 0 Å². The largest absolute Gasteiger partial charge is 0.379 e. The first-order chi connectivity index (χ1) is 6.39. The maximum Gasteiger partial charge on any atom is 0.115 e. The van der Waals surface area contributed by atoms with Gasteiger partial charge in [0.1, 0.15) is 5.72 Å². The lowest BCUT2D eigenvalue weighted by Gasteiger charge is -2.30. The Hall–Kier alpha value is -0.120. The number of rotatable bonds is 7. The fourth-order valence-electron chi connectivity index (χ4n) is 0.975. The summed E-state index contributed by atoms with van der Waals surface area (Å²) in [7, 11) is 3.65. The van der Waals surface area contributed by atoms with Gasteiger partial charge in [0.15, 0.2) is 0 Å². The van der Waals surface area contributed by atoms with Gasteiger partial charge in [0.25, 0.3) is 0 Å². The van der Waals surface area contributed by atoms with E-state index in [4.69, 9.17) is 9.47 Å². The predicted molar refractivity (Wildman–Crippen MR) is 59.4 cm³/mol. The summed E-state index contributed by atoms with van der Waals surface area (Å²) in [6, 6.07) is 0. The third-order valence-corrected chi connectivity index (χ3v) is 2.88. The van der Waals surface area contributed by atoms with Gasteiger partial charge in [-0.3, -0.25) is 5.32 Å². The third kappa shape index (κ3) is 4.94. The van der Waals surface area contributed by atoms with E-state index < -0.39 is 0 Å². The van der Waals surface area contributed by atoms with Crippen molar-refractivity contribution in [3.8, 4) is 0 Å². The molecule has 0 aliphatic heterocycles. The monoisotopic (exact) mass is 203 g/mol. The molecule has 0 heterocycles. The fraction of sp³-hybridized carbons (Fsp3) is 1.00. The Kier molecular flexibility index (Phi) is 5.64. The Morgan fingerprint density at radius 1 is 1.21 bits per heavy atom. The van der Waals surface area contributed by atoms with Gasteiger partial charge in [0.2, 0.25) is 0 Å². The van der Waals surface area contributed by atoms with Gasteiger partial charge >= 0.3 is 0 Å². The molecule has 0 saturated heterocycles. The minimum Gasteiger partial charge on any atom is -0.379 e. The maximum atomic E-state index is 5.77. The molecule has 1 unspecified atom stereocenters. The Balaban J connectivity index is 3.83. The predicted octanol–water partition coefficient (Wildman–Crippen LogP) is 2.16. The Morgan fingerprint density at radius 2 is 1.79 bits per heavy atom. The van der Waals surface area contributed by atoms with E-state index in [2.05, 4.69) is 33.0 Å². The summed E-state index contributed by atoms with van der Waals surface area (Å²) in [5.74, 6) is 0. The third-order valence-electron chi connectivity index (χ3n) is 2.88. The van der Waals surface area contributed by atoms with Gasteiger partial charge in [-0.25, -0.2) is 0 Å². The summed E-state index contributed by atoms with van der Waals surface area (Å²) in [5.41, 5.74) is -0.299. The van der Waals surface area contributed by atoms with Crippen molar-refractivity contribution in [1.82, 2.24) is 5.32 Å². The first kappa shape index (κ1) is 13.9. The van der Waals surface area contributed by atoms with Crippen LogP contribution in [0.5, 0.6) is 0 Å². The fourth-order valence-corrected chi connectivity index (χ4v) is 0.975. The molecule has 0 radical (unpaired) electrons. The number of ether oxygens (including phenoxy) is 2. The lowest BCUT2D eigenvalue weighted by atomic mass is 10.1. The molecular formula is C11H25NO2. The highest BCUT2D eigenvalue weighted by molar-refractivity contribution is 4.71. The molecule has 3 heteroatoms. The molecule has 1 N–H and O–H groups in total. The number of methoxy groups -OCH3 is 1. The van der Waals surface area contributed by atoms with E-state index in [9.17, 15) is 0 Å². The second-order valence-corrected chi connectivity index (χ2v) is 4.40. The minimum atomic E-state index is -0.205. The van der Waals surface area contributed by atoms with E-state index >= 15 is 0 Å². The molecule has 0 spiro atoms. The van der Waals surface area contributed by atoms with E-state index in [1.54, 1.807) is 7.11 Å². The minimum absolute atomic E-state index is 0.0948. The molecule has 1 atom stereocenters. The SMILES string of the molecule is CCC(C)(NC)OCCC(C)(C)OC. The summed E-state index contributed by atoms with van der Waals surface area (Å²) in [5, 5.41) is 3.17. The van der Waals surface area contributed by atoms with Gasteiger partial charge in [-0.05, 0) is 40.7 Å². The van der Waals surface area contributed by atoms with Gasteiger partial charge < -0.3 is 9.47 Å². The van der Waals surface area contributed by atoms with Crippen LogP contribution in [-0.4, -0.2) is 32.1 Å². The zero-order chi connectivity index (χ0) is 11.2. The average Bonchev–Trinajstić information content (AvgIpc) is 2.17. The molecule has 0 bridgehead atoms. The van der Waals surface area contributed by atoms with E-state index in [1.807, 2.05) is 7.05 Å². The van der Waals surface area contributed by atoms with Crippen molar-refractivity contribution < 1.29 is 9.47 Å². The summed E-state index contributed by atoms with van der Waals surface area (Å²) in [6.45, 7) is 9.02. The summed E-state index contributed by atoms with van der Waals surface area (Å²) < 4.78 is 11.1. The lowest BCUT2D eigenvalue weighted by Crippen LogP contribution is -2.42. The van der Waals surface area contributed by atoms with Crippen molar-refractivity contribution in [2.24, 2.45) is 0 Å². The number of hydrogen-bond donors (Lipinski definition) is 1. The molecule has 0 rings (SSSR count). The molecule has 14 heavy (non-hydrogen) atoms. The molecule has 0 aliphatic carbocycles. The van der Waals surface area contributed by atoms with Gasteiger partial charge in [-0.2, -0.15) is 0 Å². The highest BCUT2D eigenvalue weighted by atomic mass is 16.5. The Bertz CT molecular complexity index is 153. The smallest absolute Gasteiger partial charge is 0.115 e. The molecule has 86 valence electrons. The normalized spacial score (nSPS) is 16.7. The lowest BCUT2D eigenvalue weighted by molar-refractivity contribution is -0.0813. The summed E-state index contributed by atoms with van der Waals surface area (Å²) in [6.07, 6.45) is 1.86. The average molecular weight is 203 g/mol. The molecule has 0 saturated carbocycles. The Morgan fingerprint density at radius 3 is 2.14 bits per heavy atom. The molecule has 0 aromatic rings. The molecule has 0 aliphatic rings. The van der Waals surface area contributed by atoms with Gasteiger partial charge in [-0.1, -0.05) is 6.92 Å². The van der Waals surface area contributed by atoms with Crippen molar-refractivity contribution in [2.45, 2.75) is 51.9 Å². The molecule has 3 nitrogen and oxygen atoms in total. The van der Waals surface area contributed by atoms with Crippen LogP contribution in [0.1, 0.15) is 40.5 Å². The van der Waals surface area contributed by atoms with Crippen molar-refractivity contribution in [3.05, 3.63) is 0 Å².